The molecule has 1 amide bonds. The van der Waals surface area contributed by atoms with Gasteiger partial charge in [-0.25, -0.2) is 4.98 Å². The number of hydrogen-bond acceptors (Lipinski definition) is 4. The molecule has 6 heteroatoms. The Hall–Kier alpha value is -2.37. The first kappa shape index (κ1) is 15.0. The van der Waals surface area contributed by atoms with Gasteiger partial charge < -0.3 is 10.1 Å². The highest BCUT2D eigenvalue weighted by Gasteiger charge is 2.05. The summed E-state index contributed by atoms with van der Waals surface area (Å²) in [5.74, 6) is 1.47. The van der Waals surface area contributed by atoms with Crippen LogP contribution in [0.4, 0.5) is 0 Å². The van der Waals surface area contributed by atoms with Gasteiger partial charge >= 0.3 is 0 Å². The molecular formula is C15H20N4O2. The Bertz CT molecular complexity index is 578. The summed E-state index contributed by atoms with van der Waals surface area (Å²) in [6.07, 6.45) is 2.76. The van der Waals surface area contributed by atoms with Crippen molar-refractivity contribution in [1.82, 2.24) is 20.1 Å². The maximum Gasteiger partial charge on any atom is 0.220 e. The van der Waals surface area contributed by atoms with Gasteiger partial charge in [-0.2, -0.15) is 5.10 Å². The van der Waals surface area contributed by atoms with Crippen LogP contribution in [0.25, 0.3) is 0 Å². The van der Waals surface area contributed by atoms with Gasteiger partial charge in [0.1, 0.15) is 12.1 Å². The van der Waals surface area contributed by atoms with Crippen LogP contribution >= 0.6 is 0 Å². The predicted octanol–water partition coefficient (Wildman–Crippen LogP) is 1.46. The number of nitrogens with zero attached hydrogens (tertiary/aromatic N) is 3. The molecule has 0 bridgehead atoms. The number of benzene rings is 1. The molecule has 1 aromatic heterocycles. The summed E-state index contributed by atoms with van der Waals surface area (Å²) in [5, 5.41) is 6.92. The van der Waals surface area contributed by atoms with E-state index in [0.29, 0.717) is 31.8 Å². The molecule has 1 heterocycles. The third-order valence-electron chi connectivity index (χ3n) is 2.97. The van der Waals surface area contributed by atoms with Crippen molar-refractivity contribution in [1.29, 1.82) is 0 Å². The average Bonchev–Trinajstić information content (AvgIpc) is 2.90. The van der Waals surface area contributed by atoms with Gasteiger partial charge in [0.25, 0.3) is 0 Å². The lowest BCUT2D eigenvalue weighted by Gasteiger charge is -2.05. The SMILES string of the molecule is CCOc1ccc(CCC(=O)NCc2ncn(C)n2)cc1. The maximum absolute atomic E-state index is 11.8. The van der Waals surface area contributed by atoms with E-state index in [1.54, 1.807) is 18.1 Å². The minimum absolute atomic E-state index is 0.00339. The molecule has 21 heavy (non-hydrogen) atoms. The third kappa shape index (κ3) is 4.91. The van der Waals surface area contributed by atoms with E-state index in [-0.39, 0.29) is 5.91 Å². The quantitative estimate of drug-likeness (QED) is 0.837. The highest BCUT2D eigenvalue weighted by atomic mass is 16.5. The zero-order chi connectivity index (χ0) is 15.1. The van der Waals surface area contributed by atoms with Crippen LogP contribution in [0.1, 0.15) is 24.7 Å². The van der Waals surface area contributed by atoms with Gasteiger partial charge in [0.05, 0.1) is 13.2 Å². The van der Waals surface area contributed by atoms with Crippen LogP contribution in [0, 0.1) is 0 Å². The first-order valence-corrected chi connectivity index (χ1v) is 7.00. The molecule has 0 unspecified atom stereocenters. The van der Waals surface area contributed by atoms with Crippen molar-refractivity contribution in [2.24, 2.45) is 7.05 Å². The zero-order valence-corrected chi connectivity index (χ0v) is 12.4. The number of amides is 1. The Morgan fingerprint density at radius 1 is 1.33 bits per heavy atom. The van der Waals surface area contributed by atoms with Crippen LogP contribution in [-0.4, -0.2) is 27.3 Å². The molecule has 1 N–H and O–H groups in total. The van der Waals surface area contributed by atoms with Crippen LogP contribution in [0.5, 0.6) is 5.75 Å². The fourth-order valence-corrected chi connectivity index (χ4v) is 1.91. The lowest BCUT2D eigenvalue weighted by atomic mass is 10.1. The summed E-state index contributed by atoms with van der Waals surface area (Å²) in [5.41, 5.74) is 1.12. The second kappa shape index (κ2) is 7.42. The number of ether oxygens (including phenoxy) is 1. The maximum atomic E-state index is 11.8. The van der Waals surface area contributed by atoms with Gasteiger partial charge in [-0.15, -0.1) is 0 Å². The second-order valence-electron chi connectivity index (χ2n) is 4.69. The fourth-order valence-electron chi connectivity index (χ4n) is 1.91. The molecule has 2 aromatic rings. The van der Waals surface area contributed by atoms with E-state index in [1.807, 2.05) is 31.2 Å². The van der Waals surface area contributed by atoms with E-state index in [1.165, 1.54) is 0 Å². The number of aryl methyl sites for hydroxylation is 2. The van der Waals surface area contributed by atoms with Gasteiger partial charge in [0.15, 0.2) is 5.82 Å². The normalized spacial score (nSPS) is 10.4. The van der Waals surface area contributed by atoms with Crippen LogP contribution in [0.15, 0.2) is 30.6 Å². The first-order chi connectivity index (χ1) is 10.2. The highest BCUT2D eigenvalue weighted by Crippen LogP contribution is 2.13. The number of carbonyl (C=O) groups is 1. The third-order valence-corrected chi connectivity index (χ3v) is 2.97. The molecule has 0 saturated heterocycles. The summed E-state index contributed by atoms with van der Waals surface area (Å²) >= 11 is 0. The lowest BCUT2D eigenvalue weighted by Crippen LogP contribution is -2.23. The van der Waals surface area contributed by atoms with Crippen molar-refractivity contribution in [2.75, 3.05) is 6.61 Å². The number of hydrogen-bond donors (Lipinski definition) is 1. The molecule has 2 rings (SSSR count). The molecule has 1 aromatic carbocycles. The largest absolute Gasteiger partial charge is 0.494 e. The van der Waals surface area contributed by atoms with Gasteiger partial charge in [0.2, 0.25) is 5.91 Å². The highest BCUT2D eigenvalue weighted by molar-refractivity contribution is 5.76. The second-order valence-corrected chi connectivity index (χ2v) is 4.69. The van der Waals surface area contributed by atoms with E-state index in [9.17, 15) is 4.79 Å². The van der Waals surface area contributed by atoms with E-state index >= 15 is 0 Å². The van der Waals surface area contributed by atoms with Gasteiger partial charge in [-0.3, -0.25) is 9.48 Å². The smallest absolute Gasteiger partial charge is 0.220 e. The minimum Gasteiger partial charge on any atom is -0.494 e. The molecule has 0 fully saturated rings. The fraction of sp³-hybridized carbons (Fsp3) is 0.400. The summed E-state index contributed by atoms with van der Waals surface area (Å²) < 4.78 is 6.99. The Morgan fingerprint density at radius 3 is 2.71 bits per heavy atom. The van der Waals surface area contributed by atoms with Gasteiger partial charge in [0, 0.05) is 13.5 Å². The Labute approximate surface area is 124 Å². The van der Waals surface area contributed by atoms with Crippen LogP contribution in [-0.2, 0) is 24.8 Å². The molecule has 0 aliphatic rings. The van der Waals surface area contributed by atoms with E-state index in [0.717, 1.165) is 11.3 Å². The molecule has 0 radical (unpaired) electrons. The first-order valence-electron chi connectivity index (χ1n) is 7.00. The van der Waals surface area contributed by atoms with Crippen molar-refractivity contribution in [3.8, 4) is 5.75 Å². The summed E-state index contributed by atoms with van der Waals surface area (Å²) in [6.45, 7) is 2.97. The minimum atomic E-state index is -0.00339. The summed E-state index contributed by atoms with van der Waals surface area (Å²) in [4.78, 5) is 15.8. The van der Waals surface area contributed by atoms with Gasteiger partial charge in [-0.1, -0.05) is 12.1 Å². The monoisotopic (exact) mass is 288 g/mol. The van der Waals surface area contributed by atoms with Crippen LogP contribution in [0.3, 0.4) is 0 Å². The zero-order valence-electron chi connectivity index (χ0n) is 12.4. The van der Waals surface area contributed by atoms with Crippen molar-refractivity contribution in [3.05, 3.63) is 42.0 Å². The molecule has 0 aliphatic carbocycles. The Balaban J connectivity index is 1.73. The standard InChI is InChI=1S/C15H20N4O2/c1-3-21-13-7-4-12(5-8-13)6-9-15(20)16-10-14-17-11-19(2)18-14/h4-5,7-8,11H,3,6,9-10H2,1-2H3,(H,16,20). The molecule has 112 valence electrons. The van der Waals surface area contributed by atoms with E-state index in [2.05, 4.69) is 15.4 Å². The van der Waals surface area contributed by atoms with E-state index in [4.69, 9.17) is 4.74 Å². The molecular weight excluding hydrogens is 268 g/mol. The number of aromatic nitrogens is 3. The van der Waals surface area contributed by atoms with Crippen molar-refractivity contribution in [2.45, 2.75) is 26.3 Å². The predicted molar refractivity (Wildman–Crippen MR) is 78.8 cm³/mol. The van der Waals surface area contributed by atoms with Crippen LogP contribution in [0.2, 0.25) is 0 Å². The van der Waals surface area contributed by atoms with Crippen LogP contribution < -0.4 is 10.1 Å². The Kier molecular flexibility index (Phi) is 5.31. The number of carbonyl (C=O) groups excluding carboxylic acids is 1. The average molecular weight is 288 g/mol. The molecule has 0 atom stereocenters. The molecule has 0 spiro atoms. The topological polar surface area (TPSA) is 69.0 Å². The molecule has 6 nitrogen and oxygen atoms in total. The van der Waals surface area contributed by atoms with Crippen molar-refractivity contribution in [3.63, 3.8) is 0 Å². The van der Waals surface area contributed by atoms with E-state index < -0.39 is 0 Å². The van der Waals surface area contributed by atoms with Gasteiger partial charge in [-0.05, 0) is 31.0 Å². The molecule has 0 aliphatic heterocycles. The summed E-state index contributed by atoms with van der Waals surface area (Å²) in [6, 6.07) is 7.82. The number of nitrogens with one attached hydrogen (secondary N) is 1. The molecule has 0 saturated carbocycles. The van der Waals surface area contributed by atoms with Crippen molar-refractivity contribution < 1.29 is 9.53 Å². The number of rotatable bonds is 7. The lowest BCUT2D eigenvalue weighted by molar-refractivity contribution is -0.121. The summed E-state index contributed by atoms with van der Waals surface area (Å²) in [7, 11) is 1.80. The van der Waals surface area contributed by atoms with Crippen molar-refractivity contribution >= 4 is 5.91 Å². The Morgan fingerprint density at radius 2 is 2.10 bits per heavy atom.